The van der Waals surface area contributed by atoms with Crippen LogP contribution in [0, 0.1) is 0 Å². The van der Waals surface area contributed by atoms with Gasteiger partial charge in [-0.1, -0.05) is 48.5 Å². The molecule has 1 aliphatic rings. The van der Waals surface area contributed by atoms with Crippen molar-refractivity contribution >= 4 is 5.69 Å². The largest absolute Gasteiger partial charge is 0.387 e. The highest BCUT2D eigenvalue weighted by atomic mass is 16.3. The zero-order valence-electron chi connectivity index (χ0n) is 11.5. The third-order valence-corrected chi connectivity index (χ3v) is 3.77. The van der Waals surface area contributed by atoms with Crippen molar-refractivity contribution in [2.75, 3.05) is 18.4 Å². The van der Waals surface area contributed by atoms with Gasteiger partial charge < -0.3 is 15.7 Å². The van der Waals surface area contributed by atoms with Gasteiger partial charge in [0.2, 0.25) is 0 Å². The van der Waals surface area contributed by atoms with Crippen LogP contribution in [0.5, 0.6) is 0 Å². The molecular formula is C17H20N2O. The van der Waals surface area contributed by atoms with Crippen molar-refractivity contribution in [3.05, 3.63) is 65.2 Å². The van der Waals surface area contributed by atoms with E-state index in [1.165, 1.54) is 16.8 Å². The van der Waals surface area contributed by atoms with Crippen LogP contribution in [0.1, 0.15) is 22.8 Å². The lowest BCUT2D eigenvalue weighted by Gasteiger charge is -2.14. The number of para-hydroxylation sites is 1. The molecule has 0 saturated heterocycles. The normalized spacial score (nSPS) is 14.7. The Kier molecular flexibility index (Phi) is 4.00. The summed E-state index contributed by atoms with van der Waals surface area (Å²) in [5.41, 5.74) is 4.90. The van der Waals surface area contributed by atoms with Gasteiger partial charge in [-0.3, -0.25) is 0 Å². The molecule has 3 heteroatoms. The minimum atomic E-state index is -0.457. The molecule has 0 spiro atoms. The Morgan fingerprint density at radius 1 is 1.10 bits per heavy atom. The number of hydrogen-bond donors (Lipinski definition) is 3. The van der Waals surface area contributed by atoms with Gasteiger partial charge in [0.15, 0.2) is 0 Å². The monoisotopic (exact) mass is 268 g/mol. The molecular weight excluding hydrogens is 248 g/mol. The van der Waals surface area contributed by atoms with Crippen LogP contribution in [-0.2, 0) is 13.0 Å². The highest BCUT2D eigenvalue weighted by Gasteiger charge is 2.13. The Hall–Kier alpha value is -1.84. The SMILES string of the molecule is OC(CNCc1cccc2c1NCC2)c1ccccc1. The molecule has 0 amide bonds. The molecule has 0 bridgehead atoms. The molecule has 0 aromatic heterocycles. The fourth-order valence-corrected chi connectivity index (χ4v) is 2.69. The lowest BCUT2D eigenvalue weighted by molar-refractivity contribution is 0.174. The first-order valence-corrected chi connectivity index (χ1v) is 7.13. The van der Waals surface area contributed by atoms with Crippen molar-refractivity contribution in [2.24, 2.45) is 0 Å². The van der Waals surface area contributed by atoms with Crippen LogP contribution in [0.4, 0.5) is 5.69 Å². The van der Waals surface area contributed by atoms with E-state index in [0.29, 0.717) is 6.54 Å². The number of rotatable bonds is 5. The Balaban J connectivity index is 1.57. The predicted molar refractivity (Wildman–Crippen MR) is 81.7 cm³/mol. The van der Waals surface area contributed by atoms with Crippen LogP contribution in [0.3, 0.4) is 0 Å². The minimum Gasteiger partial charge on any atom is -0.387 e. The second-order valence-electron chi connectivity index (χ2n) is 5.19. The molecule has 1 atom stereocenters. The summed E-state index contributed by atoms with van der Waals surface area (Å²) >= 11 is 0. The summed E-state index contributed by atoms with van der Waals surface area (Å²) in [5.74, 6) is 0. The van der Waals surface area contributed by atoms with Gasteiger partial charge in [-0.2, -0.15) is 0 Å². The van der Waals surface area contributed by atoms with Gasteiger partial charge in [0.05, 0.1) is 6.10 Å². The van der Waals surface area contributed by atoms with E-state index in [-0.39, 0.29) is 0 Å². The molecule has 20 heavy (non-hydrogen) atoms. The van der Waals surface area contributed by atoms with Crippen molar-refractivity contribution in [3.8, 4) is 0 Å². The number of anilines is 1. The van der Waals surface area contributed by atoms with E-state index >= 15 is 0 Å². The fourth-order valence-electron chi connectivity index (χ4n) is 2.69. The van der Waals surface area contributed by atoms with Crippen molar-refractivity contribution in [2.45, 2.75) is 19.1 Å². The standard InChI is InChI=1S/C17H20N2O/c20-16(13-5-2-1-3-6-13)12-18-11-15-8-4-7-14-9-10-19-17(14)15/h1-8,16,18-20H,9-12H2. The number of aliphatic hydroxyl groups excluding tert-OH is 1. The minimum absolute atomic E-state index is 0.457. The van der Waals surface area contributed by atoms with Crippen LogP contribution in [0.15, 0.2) is 48.5 Å². The zero-order chi connectivity index (χ0) is 13.8. The number of hydrogen-bond acceptors (Lipinski definition) is 3. The van der Waals surface area contributed by atoms with Gasteiger partial charge in [0, 0.05) is 25.3 Å². The second-order valence-corrected chi connectivity index (χ2v) is 5.19. The van der Waals surface area contributed by atoms with Gasteiger partial charge in [-0.25, -0.2) is 0 Å². The zero-order valence-corrected chi connectivity index (χ0v) is 11.5. The van der Waals surface area contributed by atoms with Crippen LogP contribution in [-0.4, -0.2) is 18.2 Å². The smallest absolute Gasteiger partial charge is 0.0914 e. The molecule has 0 radical (unpaired) electrons. The Labute approximate surface area is 119 Å². The third-order valence-electron chi connectivity index (χ3n) is 3.77. The first-order chi connectivity index (χ1) is 9.84. The lowest BCUT2D eigenvalue weighted by atomic mass is 10.1. The molecule has 3 rings (SSSR count). The van der Waals surface area contributed by atoms with E-state index in [4.69, 9.17) is 0 Å². The third kappa shape index (κ3) is 2.84. The summed E-state index contributed by atoms with van der Waals surface area (Å²) in [4.78, 5) is 0. The van der Waals surface area contributed by atoms with Gasteiger partial charge in [0.25, 0.3) is 0 Å². The molecule has 1 aliphatic heterocycles. The Bertz CT molecular complexity index is 568. The summed E-state index contributed by atoms with van der Waals surface area (Å²) in [5, 5.41) is 16.9. The maximum Gasteiger partial charge on any atom is 0.0914 e. The number of aliphatic hydroxyl groups is 1. The molecule has 3 nitrogen and oxygen atoms in total. The van der Waals surface area contributed by atoms with E-state index < -0.39 is 6.10 Å². The summed E-state index contributed by atoms with van der Waals surface area (Å²) in [7, 11) is 0. The predicted octanol–water partition coefficient (Wildman–Crippen LogP) is 2.48. The number of benzene rings is 2. The molecule has 0 aliphatic carbocycles. The topological polar surface area (TPSA) is 44.3 Å². The molecule has 104 valence electrons. The van der Waals surface area contributed by atoms with Gasteiger partial charge in [-0.05, 0) is 23.1 Å². The summed E-state index contributed by atoms with van der Waals surface area (Å²) in [6, 6.07) is 16.2. The van der Waals surface area contributed by atoms with Crippen LogP contribution >= 0.6 is 0 Å². The van der Waals surface area contributed by atoms with E-state index in [0.717, 1.165) is 25.1 Å². The quantitative estimate of drug-likeness (QED) is 0.780. The summed E-state index contributed by atoms with van der Waals surface area (Å²) in [6.07, 6.45) is 0.649. The number of nitrogens with one attached hydrogen (secondary N) is 2. The van der Waals surface area contributed by atoms with Crippen LogP contribution in [0.25, 0.3) is 0 Å². The van der Waals surface area contributed by atoms with E-state index in [1.807, 2.05) is 30.3 Å². The molecule has 1 heterocycles. The van der Waals surface area contributed by atoms with Crippen molar-refractivity contribution < 1.29 is 5.11 Å². The first kappa shape index (κ1) is 13.2. The second kappa shape index (κ2) is 6.07. The molecule has 2 aromatic carbocycles. The van der Waals surface area contributed by atoms with Crippen molar-refractivity contribution in [1.29, 1.82) is 0 Å². The van der Waals surface area contributed by atoms with Crippen molar-refractivity contribution in [1.82, 2.24) is 5.32 Å². The number of fused-ring (bicyclic) bond motifs is 1. The highest BCUT2D eigenvalue weighted by Crippen LogP contribution is 2.26. The van der Waals surface area contributed by atoms with Crippen LogP contribution in [0.2, 0.25) is 0 Å². The maximum absolute atomic E-state index is 10.1. The molecule has 2 aromatic rings. The maximum atomic E-state index is 10.1. The fraction of sp³-hybridized carbons (Fsp3) is 0.294. The summed E-state index contributed by atoms with van der Waals surface area (Å²) < 4.78 is 0. The van der Waals surface area contributed by atoms with Gasteiger partial charge >= 0.3 is 0 Å². The first-order valence-electron chi connectivity index (χ1n) is 7.13. The molecule has 0 saturated carbocycles. The Morgan fingerprint density at radius 3 is 2.80 bits per heavy atom. The summed E-state index contributed by atoms with van der Waals surface area (Å²) in [6.45, 7) is 2.37. The van der Waals surface area contributed by atoms with Gasteiger partial charge in [0.1, 0.15) is 0 Å². The average molecular weight is 268 g/mol. The molecule has 3 N–H and O–H groups in total. The van der Waals surface area contributed by atoms with Gasteiger partial charge in [-0.15, -0.1) is 0 Å². The highest BCUT2D eigenvalue weighted by molar-refractivity contribution is 5.61. The molecule has 0 fully saturated rings. The van der Waals surface area contributed by atoms with E-state index in [2.05, 4.69) is 28.8 Å². The van der Waals surface area contributed by atoms with Crippen molar-refractivity contribution in [3.63, 3.8) is 0 Å². The van der Waals surface area contributed by atoms with E-state index in [1.54, 1.807) is 0 Å². The Morgan fingerprint density at radius 2 is 1.95 bits per heavy atom. The van der Waals surface area contributed by atoms with E-state index in [9.17, 15) is 5.11 Å². The molecule has 1 unspecified atom stereocenters. The average Bonchev–Trinajstić information content (AvgIpc) is 2.97. The lowest BCUT2D eigenvalue weighted by Crippen LogP contribution is -2.21. The van der Waals surface area contributed by atoms with Crippen LogP contribution < -0.4 is 10.6 Å².